The first kappa shape index (κ1) is 10.7. The molecular weight excluding hydrogens is 220 g/mol. The number of rotatable bonds is 1. The van der Waals surface area contributed by atoms with E-state index in [0.717, 1.165) is 16.8 Å². The summed E-state index contributed by atoms with van der Waals surface area (Å²) < 4.78 is 0. The first-order valence-electron chi connectivity index (χ1n) is 4.85. The molecule has 0 aliphatic rings. The largest absolute Gasteiger partial charge is 0.240 e. The Hall–Kier alpha value is -1.85. The van der Waals surface area contributed by atoms with E-state index in [1.165, 1.54) is 0 Å². The van der Waals surface area contributed by atoms with Crippen LogP contribution in [0.15, 0.2) is 36.4 Å². The van der Waals surface area contributed by atoms with E-state index in [2.05, 4.69) is 11.1 Å². The van der Waals surface area contributed by atoms with Crippen molar-refractivity contribution in [3.63, 3.8) is 0 Å². The lowest BCUT2D eigenvalue weighted by molar-refractivity contribution is 1.19. The standard InChI is InChI=1S/C13H9ClN2/c1-9-7-11(10-5-3-2-4-6-10)12(8-15)13(14)16-9/h2-7H,1H3. The minimum absolute atomic E-state index is 0.265. The van der Waals surface area contributed by atoms with Gasteiger partial charge in [0.2, 0.25) is 0 Å². The molecule has 0 saturated carbocycles. The number of nitrogens with zero attached hydrogens (tertiary/aromatic N) is 2. The van der Waals surface area contributed by atoms with Gasteiger partial charge in [0.15, 0.2) is 0 Å². The van der Waals surface area contributed by atoms with Crippen LogP contribution in [0, 0.1) is 18.3 Å². The second-order valence-electron chi connectivity index (χ2n) is 3.45. The fourth-order valence-corrected chi connectivity index (χ4v) is 1.86. The zero-order valence-corrected chi connectivity index (χ0v) is 9.49. The van der Waals surface area contributed by atoms with E-state index in [0.29, 0.717) is 5.56 Å². The number of halogens is 1. The average Bonchev–Trinajstić information content (AvgIpc) is 2.29. The molecule has 1 aromatic carbocycles. The Bertz CT molecular complexity index is 556. The van der Waals surface area contributed by atoms with E-state index >= 15 is 0 Å². The van der Waals surface area contributed by atoms with Crippen molar-refractivity contribution in [2.75, 3.05) is 0 Å². The molecule has 0 atom stereocenters. The van der Waals surface area contributed by atoms with E-state index in [1.54, 1.807) is 0 Å². The van der Waals surface area contributed by atoms with E-state index in [-0.39, 0.29) is 5.15 Å². The zero-order chi connectivity index (χ0) is 11.5. The fourth-order valence-electron chi connectivity index (χ4n) is 1.59. The van der Waals surface area contributed by atoms with Crippen LogP contribution in [0.4, 0.5) is 0 Å². The van der Waals surface area contributed by atoms with Crippen molar-refractivity contribution in [2.45, 2.75) is 6.92 Å². The average molecular weight is 229 g/mol. The molecule has 0 bridgehead atoms. The van der Waals surface area contributed by atoms with Gasteiger partial charge in [0.1, 0.15) is 11.2 Å². The molecule has 0 amide bonds. The summed E-state index contributed by atoms with van der Waals surface area (Å²) in [6.45, 7) is 1.86. The summed E-state index contributed by atoms with van der Waals surface area (Å²) in [7, 11) is 0. The number of hydrogen-bond donors (Lipinski definition) is 0. The molecule has 2 nitrogen and oxygen atoms in total. The second kappa shape index (κ2) is 4.34. The predicted molar refractivity (Wildman–Crippen MR) is 64.1 cm³/mol. The van der Waals surface area contributed by atoms with Crippen molar-refractivity contribution in [2.24, 2.45) is 0 Å². The zero-order valence-electron chi connectivity index (χ0n) is 8.74. The topological polar surface area (TPSA) is 36.7 Å². The Morgan fingerprint density at radius 1 is 1.25 bits per heavy atom. The molecule has 1 heterocycles. The highest BCUT2D eigenvalue weighted by Crippen LogP contribution is 2.27. The Morgan fingerprint density at radius 2 is 1.94 bits per heavy atom. The minimum Gasteiger partial charge on any atom is -0.240 e. The number of benzene rings is 1. The third kappa shape index (κ3) is 1.91. The van der Waals surface area contributed by atoms with Gasteiger partial charge in [0.05, 0.1) is 5.56 Å². The highest BCUT2D eigenvalue weighted by Gasteiger charge is 2.10. The smallest absolute Gasteiger partial charge is 0.147 e. The summed E-state index contributed by atoms with van der Waals surface area (Å²) in [6, 6.07) is 13.7. The van der Waals surface area contributed by atoms with Gasteiger partial charge in [-0.2, -0.15) is 5.26 Å². The van der Waals surface area contributed by atoms with E-state index in [4.69, 9.17) is 16.9 Å². The molecule has 0 saturated heterocycles. The molecule has 0 spiro atoms. The van der Waals surface area contributed by atoms with Gasteiger partial charge >= 0.3 is 0 Å². The van der Waals surface area contributed by atoms with Gasteiger partial charge in [-0.3, -0.25) is 0 Å². The Labute approximate surface area is 99.1 Å². The lowest BCUT2D eigenvalue weighted by atomic mass is 10.0. The molecule has 0 aliphatic carbocycles. The third-order valence-electron chi connectivity index (χ3n) is 2.30. The van der Waals surface area contributed by atoms with Crippen LogP contribution >= 0.6 is 11.6 Å². The van der Waals surface area contributed by atoms with Crippen molar-refractivity contribution in [1.29, 1.82) is 5.26 Å². The molecule has 78 valence electrons. The molecular formula is C13H9ClN2. The van der Waals surface area contributed by atoms with Crippen LogP contribution in [0.5, 0.6) is 0 Å². The van der Waals surface area contributed by atoms with Crippen LogP contribution < -0.4 is 0 Å². The molecule has 16 heavy (non-hydrogen) atoms. The fraction of sp³-hybridized carbons (Fsp3) is 0.0769. The van der Waals surface area contributed by atoms with Crippen LogP contribution in [0.3, 0.4) is 0 Å². The lowest BCUT2D eigenvalue weighted by Gasteiger charge is -2.06. The maximum absolute atomic E-state index is 9.08. The Kier molecular flexibility index (Phi) is 2.89. The quantitative estimate of drug-likeness (QED) is 0.700. The van der Waals surface area contributed by atoms with Gasteiger partial charge in [-0.15, -0.1) is 0 Å². The summed E-state index contributed by atoms with van der Waals surface area (Å²) in [5.74, 6) is 0. The van der Waals surface area contributed by atoms with Gasteiger partial charge in [-0.05, 0) is 18.6 Å². The van der Waals surface area contributed by atoms with Gasteiger partial charge in [-0.1, -0.05) is 41.9 Å². The van der Waals surface area contributed by atoms with Crippen molar-refractivity contribution >= 4 is 11.6 Å². The number of hydrogen-bond acceptors (Lipinski definition) is 2. The highest BCUT2D eigenvalue weighted by molar-refractivity contribution is 6.31. The monoisotopic (exact) mass is 228 g/mol. The van der Waals surface area contributed by atoms with Crippen molar-refractivity contribution < 1.29 is 0 Å². The Balaban J connectivity index is 2.70. The first-order chi connectivity index (χ1) is 7.72. The van der Waals surface area contributed by atoms with E-state index < -0.39 is 0 Å². The van der Waals surface area contributed by atoms with Gasteiger partial charge in [0.25, 0.3) is 0 Å². The minimum atomic E-state index is 0.265. The Morgan fingerprint density at radius 3 is 2.56 bits per heavy atom. The summed E-state index contributed by atoms with van der Waals surface area (Å²) in [6.07, 6.45) is 0. The van der Waals surface area contributed by atoms with Crippen LogP contribution in [-0.2, 0) is 0 Å². The van der Waals surface area contributed by atoms with E-state index in [9.17, 15) is 0 Å². The van der Waals surface area contributed by atoms with Gasteiger partial charge in [0, 0.05) is 11.3 Å². The molecule has 2 aromatic rings. The molecule has 0 radical (unpaired) electrons. The predicted octanol–water partition coefficient (Wildman–Crippen LogP) is 3.58. The normalized spacial score (nSPS) is 9.81. The van der Waals surface area contributed by atoms with Crippen LogP contribution in [0.1, 0.15) is 11.3 Å². The van der Waals surface area contributed by atoms with Crippen LogP contribution in [0.25, 0.3) is 11.1 Å². The molecule has 2 rings (SSSR count). The second-order valence-corrected chi connectivity index (χ2v) is 3.81. The van der Waals surface area contributed by atoms with Crippen molar-refractivity contribution in [3.8, 4) is 17.2 Å². The molecule has 3 heteroatoms. The van der Waals surface area contributed by atoms with Crippen molar-refractivity contribution in [1.82, 2.24) is 4.98 Å². The summed E-state index contributed by atoms with van der Waals surface area (Å²) >= 11 is 5.95. The van der Waals surface area contributed by atoms with Crippen LogP contribution in [0.2, 0.25) is 5.15 Å². The third-order valence-corrected chi connectivity index (χ3v) is 2.57. The van der Waals surface area contributed by atoms with Crippen molar-refractivity contribution in [3.05, 3.63) is 52.8 Å². The van der Waals surface area contributed by atoms with Crippen LogP contribution in [-0.4, -0.2) is 4.98 Å². The molecule has 0 N–H and O–H groups in total. The SMILES string of the molecule is Cc1cc(-c2ccccc2)c(C#N)c(Cl)n1. The molecule has 1 aromatic heterocycles. The number of pyridine rings is 1. The summed E-state index contributed by atoms with van der Waals surface area (Å²) in [5, 5.41) is 9.34. The highest BCUT2D eigenvalue weighted by atomic mass is 35.5. The van der Waals surface area contributed by atoms with Gasteiger partial charge < -0.3 is 0 Å². The molecule has 0 aliphatic heterocycles. The first-order valence-corrected chi connectivity index (χ1v) is 5.23. The van der Waals surface area contributed by atoms with E-state index in [1.807, 2.05) is 43.3 Å². The summed E-state index contributed by atoms with van der Waals surface area (Å²) in [5.41, 5.74) is 3.05. The maximum Gasteiger partial charge on any atom is 0.147 e. The van der Waals surface area contributed by atoms with Gasteiger partial charge in [-0.25, -0.2) is 4.98 Å². The maximum atomic E-state index is 9.08. The molecule has 0 unspecified atom stereocenters. The summed E-state index contributed by atoms with van der Waals surface area (Å²) in [4.78, 5) is 4.07. The molecule has 0 fully saturated rings. The number of aromatic nitrogens is 1. The lowest BCUT2D eigenvalue weighted by Crippen LogP contribution is -1.91. The number of nitriles is 1. The number of aryl methyl sites for hydroxylation is 1.